The number of nitrogens with zero attached hydrogens (tertiary/aromatic N) is 1. The number of aromatic nitrogens is 1. The molecule has 0 fully saturated rings. The molecular formula is C14H13NO. The average molecular weight is 211 g/mol. The van der Waals surface area contributed by atoms with E-state index in [0.717, 1.165) is 24.1 Å². The summed E-state index contributed by atoms with van der Waals surface area (Å²) in [6, 6.07) is 10.1. The van der Waals surface area contributed by atoms with Gasteiger partial charge in [-0.05, 0) is 48.7 Å². The van der Waals surface area contributed by atoms with E-state index in [-0.39, 0.29) is 0 Å². The molecule has 0 N–H and O–H groups in total. The number of hydrogen-bond donors (Lipinski definition) is 0. The summed E-state index contributed by atoms with van der Waals surface area (Å²) in [7, 11) is 0. The second-order valence-corrected chi connectivity index (χ2v) is 4.21. The summed E-state index contributed by atoms with van der Waals surface area (Å²) in [6.07, 6.45) is 6.76. The van der Waals surface area contributed by atoms with Crippen LogP contribution in [0.15, 0.2) is 42.7 Å². The monoisotopic (exact) mass is 211 g/mol. The Balaban J connectivity index is 2.08. The highest BCUT2D eigenvalue weighted by atomic mass is 16.1. The lowest BCUT2D eigenvalue weighted by molar-refractivity contribution is 0.0972. The second kappa shape index (κ2) is 3.63. The Morgan fingerprint density at radius 2 is 1.88 bits per heavy atom. The summed E-state index contributed by atoms with van der Waals surface area (Å²) in [5.41, 5.74) is 3.25. The molecule has 0 saturated heterocycles. The van der Waals surface area contributed by atoms with Crippen LogP contribution in [0.1, 0.15) is 28.8 Å². The van der Waals surface area contributed by atoms with Crippen LogP contribution in [0.2, 0.25) is 0 Å². The quantitative estimate of drug-likeness (QED) is 0.710. The Kier molecular flexibility index (Phi) is 2.13. The van der Waals surface area contributed by atoms with E-state index in [4.69, 9.17) is 0 Å². The normalized spacial score (nSPS) is 14.9. The maximum Gasteiger partial charge on any atom is 0.163 e. The fourth-order valence-electron chi connectivity index (χ4n) is 2.30. The molecule has 2 aromatic rings. The summed E-state index contributed by atoms with van der Waals surface area (Å²) < 4.78 is 2.07. The zero-order chi connectivity index (χ0) is 11.0. The second-order valence-electron chi connectivity index (χ2n) is 4.21. The highest BCUT2D eigenvalue weighted by Gasteiger charge is 2.16. The van der Waals surface area contributed by atoms with Crippen molar-refractivity contribution in [1.29, 1.82) is 0 Å². The van der Waals surface area contributed by atoms with E-state index >= 15 is 0 Å². The van der Waals surface area contributed by atoms with Gasteiger partial charge in [0.2, 0.25) is 0 Å². The third-order valence-corrected chi connectivity index (χ3v) is 3.14. The Morgan fingerprint density at radius 1 is 1.06 bits per heavy atom. The van der Waals surface area contributed by atoms with Crippen LogP contribution in [0.4, 0.5) is 0 Å². The van der Waals surface area contributed by atoms with E-state index < -0.39 is 0 Å². The van der Waals surface area contributed by atoms with Crippen LogP contribution in [-0.4, -0.2) is 10.4 Å². The predicted molar refractivity (Wildman–Crippen MR) is 63.0 cm³/mol. The minimum Gasteiger partial charge on any atom is -0.324 e. The van der Waals surface area contributed by atoms with Gasteiger partial charge in [0.15, 0.2) is 5.78 Å². The fourth-order valence-corrected chi connectivity index (χ4v) is 2.30. The largest absolute Gasteiger partial charge is 0.324 e. The van der Waals surface area contributed by atoms with Gasteiger partial charge in [-0.2, -0.15) is 0 Å². The highest BCUT2D eigenvalue weighted by Crippen LogP contribution is 2.23. The van der Waals surface area contributed by atoms with Crippen LogP contribution in [0.3, 0.4) is 0 Å². The van der Waals surface area contributed by atoms with E-state index in [2.05, 4.69) is 10.6 Å². The van der Waals surface area contributed by atoms with Crippen LogP contribution in [-0.2, 0) is 6.42 Å². The molecule has 0 unspecified atom stereocenters. The molecule has 1 heterocycles. The van der Waals surface area contributed by atoms with Gasteiger partial charge >= 0.3 is 0 Å². The lowest BCUT2D eigenvalue weighted by atomic mass is 9.90. The molecule has 0 saturated carbocycles. The predicted octanol–water partition coefficient (Wildman–Crippen LogP) is 3.00. The number of Topliss-reactive ketones (excluding diaryl/α,β-unsaturated/α-hetero) is 1. The molecule has 0 aliphatic heterocycles. The van der Waals surface area contributed by atoms with Crippen molar-refractivity contribution in [3.05, 3.63) is 53.9 Å². The molecule has 1 aliphatic rings. The molecule has 0 atom stereocenters. The molecule has 0 bridgehead atoms. The lowest BCUT2D eigenvalue weighted by Gasteiger charge is -2.15. The van der Waals surface area contributed by atoms with Crippen molar-refractivity contribution in [1.82, 2.24) is 4.57 Å². The van der Waals surface area contributed by atoms with Gasteiger partial charge in [-0.3, -0.25) is 4.79 Å². The van der Waals surface area contributed by atoms with Crippen molar-refractivity contribution in [2.45, 2.75) is 19.3 Å². The fraction of sp³-hybridized carbons (Fsp3) is 0.214. The number of benzene rings is 1. The highest BCUT2D eigenvalue weighted by molar-refractivity contribution is 5.98. The third-order valence-electron chi connectivity index (χ3n) is 3.14. The lowest BCUT2D eigenvalue weighted by Crippen LogP contribution is -2.11. The first-order valence-corrected chi connectivity index (χ1v) is 5.64. The summed E-state index contributed by atoms with van der Waals surface area (Å²) in [5, 5.41) is 0. The molecule has 1 aliphatic carbocycles. The Morgan fingerprint density at radius 3 is 2.69 bits per heavy atom. The Bertz CT molecular complexity index is 526. The molecule has 3 rings (SSSR count). The summed E-state index contributed by atoms with van der Waals surface area (Å²) in [6.45, 7) is 0. The van der Waals surface area contributed by atoms with Gasteiger partial charge in [0, 0.05) is 30.1 Å². The maximum absolute atomic E-state index is 11.7. The van der Waals surface area contributed by atoms with Crippen LogP contribution < -0.4 is 0 Å². The van der Waals surface area contributed by atoms with Gasteiger partial charge < -0.3 is 4.57 Å². The van der Waals surface area contributed by atoms with E-state index in [1.165, 1.54) is 5.56 Å². The number of fused-ring (bicyclic) bond motifs is 1. The smallest absolute Gasteiger partial charge is 0.163 e. The third kappa shape index (κ3) is 1.47. The molecule has 16 heavy (non-hydrogen) atoms. The molecule has 0 radical (unpaired) electrons. The van der Waals surface area contributed by atoms with E-state index in [0.29, 0.717) is 12.2 Å². The van der Waals surface area contributed by atoms with Gasteiger partial charge in [0.05, 0.1) is 0 Å². The zero-order valence-electron chi connectivity index (χ0n) is 9.02. The molecule has 1 aromatic heterocycles. The molecular weight excluding hydrogens is 198 g/mol. The van der Waals surface area contributed by atoms with E-state index in [1.807, 2.05) is 36.7 Å². The number of ketones is 1. The van der Waals surface area contributed by atoms with Crippen molar-refractivity contribution in [3.63, 3.8) is 0 Å². The van der Waals surface area contributed by atoms with Gasteiger partial charge in [0.1, 0.15) is 0 Å². The minimum atomic E-state index is 0.292. The Hall–Kier alpha value is -1.83. The zero-order valence-corrected chi connectivity index (χ0v) is 9.02. The van der Waals surface area contributed by atoms with Crippen molar-refractivity contribution < 1.29 is 4.79 Å². The van der Waals surface area contributed by atoms with E-state index in [1.54, 1.807) is 0 Å². The molecule has 0 amide bonds. The molecule has 80 valence electrons. The van der Waals surface area contributed by atoms with Crippen molar-refractivity contribution in [2.75, 3.05) is 0 Å². The van der Waals surface area contributed by atoms with Crippen LogP contribution in [0.25, 0.3) is 5.69 Å². The maximum atomic E-state index is 11.7. The SMILES string of the molecule is O=C1CCCc2cc(-n3cccc3)ccc21. The minimum absolute atomic E-state index is 0.292. The van der Waals surface area contributed by atoms with E-state index in [9.17, 15) is 4.79 Å². The number of hydrogen-bond acceptors (Lipinski definition) is 1. The first-order valence-electron chi connectivity index (χ1n) is 5.64. The number of carbonyl (C=O) groups is 1. The van der Waals surface area contributed by atoms with Gasteiger partial charge in [-0.1, -0.05) is 0 Å². The number of aryl methyl sites for hydroxylation is 1. The van der Waals surface area contributed by atoms with Crippen molar-refractivity contribution in [3.8, 4) is 5.69 Å². The first-order chi connectivity index (χ1) is 7.84. The van der Waals surface area contributed by atoms with Crippen LogP contribution in [0.5, 0.6) is 0 Å². The van der Waals surface area contributed by atoms with Crippen LogP contribution in [0, 0.1) is 0 Å². The molecule has 2 nitrogen and oxygen atoms in total. The van der Waals surface area contributed by atoms with Gasteiger partial charge in [-0.25, -0.2) is 0 Å². The molecule has 1 aromatic carbocycles. The standard InChI is InChI=1S/C14H13NO/c16-14-5-3-4-11-10-12(6-7-13(11)14)15-8-1-2-9-15/h1-2,6-10H,3-5H2. The topological polar surface area (TPSA) is 22.0 Å². The van der Waals surface area contributed by atoms with Gasteiger partial charge in [-0.15, -0.1) is 0 Å². The molecule has 2 heteroatoms. The summed E-state index contributed by atoms with van der Waals surface area (Å²) in [4.78, 5) is 11.7. The molecule has 0 spiro atoms. The van der Waals surface area contributed by atoms with Gasteiger partial charge in [0.25, 0.3) is 0 Å². The average Bonchev–Trinajstić information content (AvgIpc) is 2.82. The number of rotatable bonds is 1. The van der Waals surface area contributed by atoms with Crippen LogP contribution >= 0.6 is 0 Å². The number of carbonyl (C=O) groups excluding carboxylic acids is 1. The summed E-state index contributed by atoms with van der Waals surface area (Å²) >= 11 is 0. The summed E-state index contributed by atoms with van der Waals surface area (Å²) in [5.74, 6) is 0.292. The Labute approximate surface area is 94.5 Å². The van der Waals surface area contributed by atoms with Crippen molar-refractivity contribution in [2.24, 2.45) is 0 Å². The first kappa shape index (κ1) is 9.40. The van der Waals surface area contributed by atoms with Crippen molar-refractivity contribution >= 4 is 5.78 Å².